The zero-order valence-corrected chi connectivity index (χ0v) is 38.4. The van der Waals surface area contributed by atoms with Gasteiger partial charge in [-0.1, -0.05) is 170 Å². The predicted octanol–water partition coefficient (Wildman–Crippen LogP) is 18.3. The van der Waals surface area contributed by atoms with E-state index in [1.165, 1.54) is 56.7 Å². The molecule has 0 saturated heterocycles. The number of aromatic nitrogens is 3. The van der Waals surface area contributed by atoms with Crippen molar-refractivity contribution in [1.82, 2.24) is 15.0 Å². The summed E-state index contributed by atoms with van der Waals surface area (Å²) < 4.78 is 11.8. The van der Waals surface area contributed by atoms with Crippen molar-refractivity contribution in [2.75, 3.05) is 0 Å². The summed E-state index contributed by atoms with van der Waals surface area (Å²) >= 11 is 3.65. The molecule has 0 radical (unpaired) electrons. The Morgan fingerprint density at radius 1 is 0.290 bits per heavy atom. The second kappa shape index (κ2) is 15.0. The molecule has 0 saturated carbocycles. The molecule has 0 unspecified atom stereocenters. The van der Waals surface area contributed by atoms with E-state index >= 15 is 0 Å². The SMILES string of the molecule is c1ccc2c(c1)cc(-c1nc(-c3ccc4c(c3)sc3ccccc34)nc(-c3cccc4c(-c5cccc6oc7cc(-c8cccc9c8sc8ccccc89)ccc7c56)cccc34)n1)c1ccccc12. The molecular weight excluding hydrogens is 879 g/mol. The fourth-order valence-corrected chi connectivity index (χ4v) is 13.2. The number of hydrogen-bond donors (Lipinski definition) is 0. The standard InChI is InChI=1S/C63H35N3OS2/c1-2-14-39-36(13-1)33-53(45-16-4-3-15-41(39)45)63-65-61(38-30-31-48-46-17-5-7-27-56(46)68-58(48)35-38)64-62(66-63)51-25-11-20-42-43(21-10-22-44(42)51)49-23-12-26-54-59(49)52-32-29-37(34-55(52)67-54)40-19-9-24-50-47-18-6-8-28-57(47)69-60(40)50/h1-35H. The van der Waals surface area contributed by atoms with Crippen molar-refractivity contribution in [3.05, 3.63) is 212 Å². The molecular formula is C63H35N3OS2. The number of rotatable bonds is 5. The second-order valence-electron chi connectivity index (χ2n) is 17.8. The first-order valence-corrected chi connectivity index (χ1v) is 24.8. The van der Waals surface area contributed by atoms with Crippen molar-refractivity contribution in [2.45, 2.75) is 0 Å². The number of thiophene rings is 2. The van der Waals surface area contributed by atoms with Crippen LogP contribution in [0.3, 0.4) is 0 Å². The molecule has 0 aliphatic carbocycles. The van der Waals surface area contributed by atoms with Crippen LogP contribution < -0.4 is 0 Å². The van der Waals surface area contributed by atoms with Gasteiger partial charge in [0.25, 0.3) is 0 Å². The van der Waals surface area contributed by atoms with Gasteiger partial charge in [0.15, 0.2) is 17.5 Å². The van der Waals surface area contributed by atoms with E-state index in [9.17, 15) is 0 Å². The molecule has 0 spiro atoms. The molecule has 15 rings (SSSR count). The summed E-state index contributed by atoms with van der Waals surface area (Å²) in [5.74, 6) is 1.90. The summed E-state index contributed by atoms with van der Waals surface area (Å²) in [4.78, 5) is 16.1. The van der Waals surface area contributed by atoms with E-state index in [1.54, 1.807) is 11.3 Å². The highest BCUT2D eigenvalue weighted by molar-refractivity contribution is 7.26. The Balaban J connectivity index is 0.913. The van der Waals surface area contributed by atoms with Gasteiger partial charge in [-0.15, -0.1) is 22.7 Å². The van der Waals surface area contributed by atoms with Gasteiger partial charge in [-0.05, 0) is 97.0 Å². The summed E-state index contributed by atoms with van der Waals surface area (Å²) in [6.07, 6.45) is 0. The van der Waals surface area contributed by atoms with Gasteiger partial charge in [0, 0.05) is 67.8 Å². The van der Waals surface area contributed by atoms with Gasteiger partial charge in [-0.3, -0.25) is 0 Å². The summed E-state index contributed by atoms with van der Waals surface area (Å²) in [6.45, 7) is 0. The van der Waals surface area contributed by atoms with Crippen molar-refractivity contribution in [1.29, 1.82) is 0 Å². The molecule has 0 N–H and O–H groups in total. The Kier molecular flexibility index (Phi) is 8.37. The molecule has 0 amide bonds. The third-order valence-electron chi connectivity index (χ3n) is 13.9. The van der Waals surface area contributed by atoms with Gasteiger partial charge in [-0.25, -0.2) is 15.0 Å². The molecule has 0 aliphatic rings. The van der Waals surface area contributed by atoms with E-state index in [0.717, 1.165) is 76.9 Å². The third-order valence-corrected chi connectivity index (χ3v) is 16.3. The number of benzene rings is 11. The number of furan rings is 1. The highest BCUT2D eigenvalue weighted by Gasteiger charge is 2.21. The number of nitrogens with zero attached hydrogens (tertiary/aromatic N) is 3. The van der Waals surface area contributed by atoms with Crippen LogP contribution in [0.4, 0.5) is 0 Å². The maximum atomic E-state index is 6.74. The summed E-state index contributed by atoms with van der Waals surface area (Å²) in [5, 5.41) is 14.1. The molecule has 320 valence electrons. The highest BCUT2D eigenvalue weighted by atomic mass is 32.1. The van der Waals surface area contributed by atoms with Gasteiger partial charge >= 0.3 is 0 Å². The minimum absolute atomic E-state index is 0.625. The van der Waals surface area contributed by atoms with Crippen LogP contribution in [0.25, 0.3) is 151 Å². The van der Waals surface area contributed by atoms with Gasteiger partial charge < -0.3 is 4.42 Å². The van der Waals surface area contributed by atoms with E-state index in [2.05, 4.69) is 212 Å². The topological polar surface area (TPSA) is 51.8 Å². The van der Waals surface area contributed by atoms with Crippen molar-refractivity contribution in [2.24, 2.45) is 0 Å². The number of fused-ring (bicyclic) bond motifs is 13. The Morgan fingerprint density at radius 2 is 0.841 bits per heavy atom. The average Bonchev–Trinajstić information content (AvgIpc) is 4.11. The molecule has 4 aromatic heterocycles. The lowest BCUT2D eigenvalue weighted by Gasteiger charge is -2.14. The van der Waals surface area contributed by atoms with E-state index in [0.29, 0.717) is 17.5 Å². The lowest BCUT2D eigenvalue weighted by Crippen LogP contribution is -2.01. The Bertz CT molecular complexity index is 4640. The number of hydrogen-bond acceptors (Lipinski definition) is 6. The van der Waals surface area contributed by atoms with Crippen LogP contribution in [0.1, 0.15) is 0 Å². The maximum Gasteiger partial charge on any atom is 0.164 e. The first kappa shape index (κ1) is 38.5. The fraction of sp³-hybridized carbons (Fsp3) is 0. The Hall–Kier alpha value is -8.55. The maximum absolute atomic E-state index is 6.74. The minimum atomic E-state index is 0.625. The largest absolute Gasteiger partial charge is 0.456 e. The average molecular weight is 914 g/mol. The molecule has 11 aromatic carbocycles. The Labute approximate surface area is 403 Å². The third kappa shape index (κ3) is 5.96. The molecule has 0 atom stereocenters. The minimum Gasteiger partial charge on any atom is -0.456 e. The smallest absolute Gasteiger partial charge is 0.164 e. The van der Waals surface area contributed by atoms with Crippen molar-refractivity contribution >= 4 is 117 Å². The molecule has 6 heteroatoms. The monoisotopic (exact) mass is 913 g/mol. The quantitative estimate of drug-likeness (QED) is 0.161. The van der Waals surface area contributed by atoms with Crippen LogP contribution in [0.15, 0.2) is 217 Å². The lowest BCUT2D eigenvalue weighted by atomic mass is 9.92. The van der Waals surface area contributed by atoms with Crippen molar-refractivity contribution in [3.63, 3.8) is 0 Å². The predicted molar refractivity (Wildman–Crippen MR) is 293 cm³/mol. The molecule has 0 aliphatic heterocycles. The van der Waals surface area contributed by atoms with Gasteiger partial charge in [0.2, 0.25) is 0 Å². The Morgan fingerprint density at radius 3 is 1.68 bits per heavy atom. The molecule has 15 aromatic rings. The molecule has 0 bridgehead atoms. The van der Waals surface area contributed by atoms with E-state index in [-0.39, 0.29) is 0 Å². The van der Waals surface area contributed by atoms with E-state index < -0.39 is 0 Å². The van der Waals surface area contributed by atoms with Crippen LogP contribution in [0, 0.1) is 0 Å². The van der Waals surface area contributed by atoms with Gasteiger partial charge in [-0.2, -0.15) is 0 Å². The van der Waals surface area contributed by atoms with E-state index in [1.807, 2.05) is 11.3 Å². The second-order valence-corrected chi connectivity index (χ2v) is 19.9. The van der Waals surface area contributed by atoms with Gasteiger partial charge in [0.1, 0.15) is 11.2 Å². The van der Waals surface area contributed by atoms with Crippen LogP contribution in [0.5, 0.6) is 0 Å². The molecule has 0 fully saturated rings. The van der Waals surface area contributed by atoms with Crippen LogP contribution >= 0.6 is 22.7 Å². The summed E-state index contributed by atoms with van der Waals surface area (Å²) in [7, 11) is 0. The van der Waals surface area contributed by atoms with Crippen LogP contribution in [0.2, 0.25) is 0 Å². The zero-order valence-electron chi connectivity index (χ0n) is 36.8. The normalized spacial score (nSPS) is 12.1. The molecule has 69 heavy (non-hydrogen) atoms. The van der Waals surface area contributed by atoms with E-state index in [4.69, 9.17) is 19.4 Å². The summed E-state index contributed by atoms with van der Waals surface area (Å²) in [6, 6.07) is 76.1. The van der Waals surface area contributed by atoms with Crippen LogP contribution in [-0.4, -0.2) is 15.0 Å². The zero-order chi connectivity index (χ0) is 45.2. The molecule has 4 nitrogen and oxygen atoms in total. The van der Waals surface area contributed by atoms with Crippen molar-refractivity contribution in [3.8, 4) is 56.4 Å². The highest BCUT2D eigenvalue weighted by Crippen LogP contribution is 2.45. The fourth-order valence-electron chi connectivity index (χ4n) is 10.8. The molecule has 4 heterocycles. The lowest BCUT2D eigenvalue weighted by molar-refractivity contribution is 0.669. The first-order chi connectivity index (χ1) is 34.2. The van der Waals surface area contributed by atoms with Crippen LogP contribution in [-0.2, 0) is 0 Å². The summed E-state index contributed by atoms with van der Waals surface area (Å²) in [5.41, 5.74) is 9.19. The first-order valence-electron chi connectivity index (χ1n) is 23.2. The van der Waals surface area contributed by atoms with Gasteiger partial charge in [0.05, 0.1) is 0 Å². The van der Waals surface area contributed by atoms with Crippen molar-refractivity contribution < 1.29 is 4.42 Å².